The molecule has 1 saturated carbocycles. The van der Waals surface area contributed by atoms with Crippen LogP contribution in [-0.2, 0) is 4.79 Å². The van der Waals surface area contributed by atoms with Crippen LogP contribution < -0.4 is 10.6 Å². The lowest BCUT2D eigenvalue weighted by Crippen LogP contribution is -2.48. The van der Waals surface area contributed by atoms with Crippen molar-refractivity contribution in [2.75, 3.05) is 18.4 Å². The summed E-state index contributed by atoms with van der Waals surface area (Å²) in [7, 11) is 0. The molecule has 1 atom stereocenters. The van der Waals surface area contributed by atoms with Crippen LogP contribution >= 0.6 is 0 Å². The van der Waals surface area contributed by atoms with E-state index < -0.39 is 0 Å². The zero-order chi connectivity index (χ0) is 17.1. The van der Waals surface area contributed by atoms with E-state index >= 15 is 0 Å². The van der Waals surface area contributed by atoms with Gasteiger partial charge in [-0.3, -0.25) is 9.59 Å². The zero-order valence-corrected chi connectivity index (χ0v) is 13.9. The van der Waals surface area contributed by atoms with Crippen molar-refractivity contribution in [1.29, 1.82) is 0 Å². The maximum atomic E-state index is 12.5. The van der Waals surface area contributed by atoms with Crippen LogP contribution in [0.3, 0.4) is 0 Å². The minimum atomic E-state index is -0.198. The van der Waals surface area contributed by atoms with Gasteiger partial charge in [-0.1, -0.05) is 0 Å². The molecule has 1 aromatic rings. The number of nitrogens with one attached hydrogen (secondary N) is 2. The van der Waals surface area contributed by atoms with Crippen molar-refractivity contribution in [2.45, 2.75) is 38.6 Å². The van der Waals surface area contributed by atoms with Gasteiger partial charge in [-0.25, -0.2) is 4.79 Å². The maximum absolute atomic E-state index is 12.5. The van der Waals surface area contributed by atoms with Crippen LogP contribution in [0.4, 0.5) is 10.5 Å². The molecule has 2 aliphatic rings. The third-order valence-electron chi connectivity index (χ3n) is 4.54. The van der Waals surface area contributed by atoms with E-state index in [2.05, 4.69) is 10.6 Å². The SMILES string of the molecule is CC(=O)c1ccc(NC(=O)C2CCCN(C(=O)NC3CC3)C2)cc1. The van der Waals surface area contributed by atoms with E-state index in [1.54, 1.807) is 29.2 Å². The Morgan fingerprint density at radius 3 is 2.42 bits per heavy atom. The van der Waals surface area contributed by atoms with Crippen molar-refractivity contribution >= 4 is 23.4 Å². The molecule has 1 unspecified atom stereocenters. The summed E-state index contributed by atoms with van der Waals surface area (Å²) in [6, 6.07) is 7.14. The van der Waals surface area contributed by atoms with E-state index in [1.807, 2.05) is 0 Å². The number of urea groups is 1. The first kappa shape index (κ1) is 16.5. The summed E-state index contributed by atoms with van der Waals surface area (Å²) in [5, 5.41) is 5.85. The standard InChI is InChI=1S/C18H23N3O3/c1-12(22)13-4-6-15(7-5-13)19-17(23)14-3-2-10-21(11-14)18(24)20-16-8-9-16/h4-7,14,16H,2-3,8-11H2,1H3,(H,19,23)(H,20,24). The Morgan fingerprint density at radius 1 is 1.08 bits per heavy atom. The predicted octanol–water partition coefficient (Wildman–Crippen LogP) is 2.41. The molecule has 1 saturated heterocycles. The minimum Gasteiger partial charge on any atom is -0.335 e. The molecule has 0 aromatic heterocycles. The average Bonchev–Trinajstić information content (AvgIpc) is 3.39. The van der Waals surface area contributed by atoms with E-state index in [1.165, 1.54) is 6.92 Å². The molecule has 24 heavy (non-hydrogen) atoms. The lowest BCUT2D eigenvalue weighted by Gasteiger charge is -2.32. The summed E-state index contributed by atoms with van der Waals surface area (Å²) >= 11 is 0. The maximum Gasteiger partial charge on any atom is 0.317 e. The van der Waals surface area contributed by atoms with E-state index in [4.69, 9.17) is 0 Å². The van der Waals surface area contributed by atoms with E-state index in [-0.39, 0.29) is 23.6 Å². The quantitative estimate of drug-likeness (QED) is 0.833. The van der Waals surface area contributed by atoms with E-state index in [0.29, 0.717) is 30.4 Å². The Bertz CT molecular complexity index is 637. The molecule has 128 valence electrons. The van der Waals surface area contributed by atoms with Crippen LogP contribution in [0.1, 0.15) is 43.0 Å². The lowest BCUT2D eigenvalue weighted by atomic mass is 9.97. The van der Waals surface area contributed by atoms with Crippen LogP contribution in [0.15, 0.2) is 24.3 Å². The van der Waals surface area contributed by atoms with Gasteiger partial charge < -0.3 is 15.5 Å². The molecule has 1 aliphatic heterocycles. The highest BCUT2D eigenvalue weighted by Gasteiger charge is 2.31. The summed E-state index contributed by atoms with van der Waals surface area (Å²) in [6.45, 7) is 2.67. The molecule has 0 bridgehead atoms. The number of carbonyl (C=O) groups excluding carboxylic acids is 3. The molecule has 3 rings (SSSR count). The Hall–Kier alpha value is -2.37. The third-order valence-corrected chi connectivity index (χ3v) is 4.54. The number of Topliss-reactive ketones (excluding diaryl/α,β-unsaturated/α-hetero) is 1. The van der Waals surface area contributed by atoms with Gasteiger partial charge in [-0.05, 0) is 56.9 Å². The number of hydrogen-bond acceptors (Lipinski definition) is 3. The Morgan fingerprint density at radius 2 is 1.79 bits per heavy atom. The van der Waals surface area contributed by atoms with Crippen LogP contribution in [0.2, 0.25) is 0 Å². The molecule has 1 aromatic carbocycles. The van der Waals surface area contributed by atoms with Crippen LogP contribution in [0.25, 0.3) is 0 Å². The molecule has 6 nitrogen and oxygen atoms in total. The fraction of sp³-hybridized carbons (Fsp3) is 0.500. The van der Waals surface area contributed by atoms with Crippen molar-refractivity contribution in [3.8, 4) is 0 Å². The van der Waals surface area contributed by atoms with Crippen LogP contribution in [-0.4, -0.2) is 41.8 Å². The van der Waals surface area contributed by atoms with Crippen molar-refractivity contribution in [2.24, 2.45) is 5.92 Å². The first-order valence-corrected chi connectivity index (χ1v) is 8.50. The fourth-order valence-corrected chi connectivity index (χ4v) is 2.90. The number of hydrogen-bond donors (Lipinski definition) is 2. The Kier molecular flexibility index (Phi) is 4.83. The lowest BCUT2D eigenvalue weighted by molar-refractivity contribution is -0.121. The zero-order valence-electron chi connectivity index (χ0n) is 13.9. The average molecular weight is 329 g/mol. The van der Waals surface area contributed by atoms with Gasteiger partial charge in [0.15, 0.2) is 5.78 Å². The van der Waals surface area contributed by atoms with Crippen LogP contribution in [0, 0.1) is 5.92 Å². The number of nitrogens with zero attached hydrogens (tertiary/aromatic N) is 1. The van der Waals surface area contributed by atoms with Gasteiger partial charge in [0.05, 0.1) is 5.92 Å². The summed E-state index contributed by atoms with van der Waals surface area (Å²) < 4.78 is 0. The largest absolute Gasteiger partial charge is 0.335 e. The van der Waals surface area contributed by atoms with Gasteiger partial charge in [-0.15, -0.1) is 0 Å². The highest BCUT2D eigenvalue weighted by atomic mass is 16.2. The summed E-state index contributed by atoms with van der Waals surface area (Å²) in [5.41, 5.74) is 1.29. The number of piperidine rings is 1. The molecule has 0 radical (unpaired) electrons. The van der Waals surface area contributed by atoms with Gasteiger partial charge >= 0.3 is 6.03 Å². The molecule has 0 spiro atoms. The number of likely N-dealkylation sites (tertiary alicyclic amines) is 1. The van der Waals surface area contributed by atoms with Crippen molar-refractivity contribution < 1.29 is 14.4 Å². The fourth-order valence-electron chi connectivity index (χ4n) is 2.90. The first-order valence-electron chi connectivity index (χ1n) is 8.50. The van der Waals surface area contributed by atoms with Gasteiger partial charge in [0.25, 0.3) is 0 Å². The third kappa shape index (κ3) is 4.13. The molecule has 1 heterocycles. The molecule has 1 aliphatic carbocycles. The second-order valence-corrected chi connectivity index (χ2v) is 6.63. The Balaban J connectivity index is 1.55. The molecule has 6 heteroatoms. The van der Waals surface area contributed by atoms with E-state index in [9.17, 15) is 14.4 Å². The summed E-state index contributed by atoms with van der Waals surface area (Å²) in [4.78, 5) is 37.6. The normalized spacial score (nSPS) is 20.4. The van der Waals surface area contributed by atoms with Gasteiger partial charge in [0, 0.05) is 30.4 Å². The molecule has 3 amide bonds. The number of ketones is 1. The summed E-state index contributed by atoms with van der Waals surface area (Å²) in [6.07, 6.45) is 3.73. The second-order valence-electron chi connectivity index (χ2n) is 6.63. The van der Waals surface area contributed by atoms with Crippen molar-refractivity contribution in [1.82, 2.24) is 10.2 Å². The highest BCUT2D eigenvalue weighted by Crippen LogP contribution is 2.22. The van der Waals surface area contributed by atoms with Crippen molar-refractivity contribution in [3.63, 3.8) is 0 Å². The monoisotopic (exact) mass is 329 g/mol. The number of carbonyl (C=O) groups is 3. The molecular weight excluding hydrogens is 306 g/mol. The second kappa shape index (κ2) is 7.03. The Labute approximate surface area is 141 Å². The van der Waals surface area contributed by atoms with Crippen molar-refractivity contribution in [3.05, 3.63) is 29.8 Å². The van der Waals surface area contributed by atoms with E-state index in [0.717, 1.165) is 25.7 Å². The van der Waals surface area contributed by atoms with Gasteiger partial charge in [0.1, 0.15) is 0 Å². The topological polar surface area (TPSA) is 78.5 Å². The number of amides is 3. The number of rotatable bonds is 4. The highest BCUT2D eigenvalue weighted by molar-refractivity contribution is 5.96. The number of anilines is 1. The van der Waals surface area contributed by atoms with Gasteiger partial charge in [0.2, 0.25) is 5.91 Å². The molecular formula is C18H23N3O3. The predicted molar refractivity (Wildman–Crippen MR) is 90.9 cm³/mol. The summed E-state index contributed by atoms with van der Waals surface area (Å²) in [5.74, 6) is -0.275. The molecule has 2 N–H and O–H groups in total. The first-order chi connectivity index (χ1) is 11.5. The van der Waals surface area contributed by atoms with Gasteiger partial charge in [-0.2, -0.15) is 0 Å². The van der Waals surface area contributed by atoms with Crippen LogP contribution in [0.5, 0.6) is 0 Å². The minimum absolute atomic E-state index is 0.00234. The smallest absolute Gasteiger partial charge is 0.317 e. The molecule has 2 fully saturated rings. The number of benzene rings is 1.